The summed E-state index contributed by atoms with van der Waals surface area (Å²) in [6.45, 7) is 2.25. The van der Waals surface area contributed by atoms with E-state index in [-0.39, 0.29) is 19.5 Å². The van der Waals surface area contributed by atoms with Gasteiger partial charge in [0.15, 0.2) is 5.79 Å². The average molecular weight is 678 g/mol. The van der Waals surface area contributed by atoms with Gasteiger partial charge in [0.1, 0.15) is 6.42 Å². The predicted octanol–water partition coefficient (Wildman–Crippen LogP) is 5.62. The number of aliphatic carboxylic acids is 2. The zero-order valence-electron chi connectivity index (χ0n) is 25.4. The van der Waals surface area contributed by atoms with Gasteiger partial charge in [0.05, 0.1) is 29.1 Å². The molecule has 5 N–H and O–H groups in total. The smallest absolute Gasteiger partial charge is 0.308 e. The summed E-state index contributed by atoms with van der Waals surface area (Å²) in [5.41, 5.74) is 9.32. The van der Waals surface area contributed by atoms with Gasteiger partial charge >= 0.3 is 11.9 Å². The molecule has 0 saturated carbocycles. The van der Waals surface area contributed by atoms with Crippen molar-refractivity contribution in [2.75, 3.05) is 13.1 Å². The number of rotatable bonds is 11. The number of hydrogen-bond donors (Lipinski definition) is 5. The van der Waals surface area contributed by atoms with Gasteiger partial charge in [0, 0.05) is 55.0 Å². The van der Waals surface area contributed by atoms with Gasteiger partial charge in [-0.3, -0.25) is 19.4 Å². The predicted molar refractivity (Wildman–Crippen MR) is 179 cm³/mol. The first-order chi connectivity index (χ1) is 22.4. The molecule has 244 valence electrons. The second-order valence-electron chi connectivity index (χ2n) is 12.4. The molecule has 11 heteroatoms. The summed E-state index contributed by atoms with van der Waals surface area (Å²) in [5.74, 6) is -4.62. The Morgan fingerprint density at radius 1 is 0.681 bits per heavy atom. The number of β-amino-alcohol motifs (C(OH)–C–C–N with tert-alkyl or cyclic N) is 3. The number of carboxylic acids is 2. The van der Waals surface area contributed by atoms with E-state index in [1.165, 1.54) is 0 Å². The van der Waals surface area contributed by atoms with Crippen LogP contribution in [-0.2, 0) is 35.8 Å². The zero-order valence-corrected chi connectivity index (χ0v) is 26.9. The summed E-state index contributed by atoms with van der Waals surface area (Å²) in [4.78, 5) is 25.8. The maximum atomic E-state index is 11.0. The van der Waals surface area contributed by atoms with Crippen molar-refractivity contribution in [2.24, 2.45) is 0 Å². The van der Waals surface area contributed by atoms with Crippen LogP contribution >= 0.6 is 23.2 Å². The van der Waals surface area contributed by atoms with E-state index >= 15 is 0 Å². The third kappa shape index (κ3) is 7.37. The molecule has 0 fully saturated rings. The average Bonchev–Trinajstić information content (AvgIpc) is 3.57. The molecular formula is C36H34Cl2N2O7. The topological polar surface area (TPSA) is 142 Å². The first-order valence-electron chi connectivity index (χ1n) is 15.2. The van der Waals surface area contributed by atoms with Crippen molar-refractivity contribution < 1.29 is 35.1 Å². The molecule has 0 aromatic heterocycles. The standard InChI is InChI=1S/C36H34Cl2N2O7/c37-34-28(21-7-9-23-15-39(17-25(23)11-21)19-27(41)13-32(42)43)3-1-5-30(34)31-6-2-4-29(35(31)38)22-8-10-24-16-40(18-26(24)12-22)20-36(46,47)14-33(44)45/h1-12,27,41,46-47H,13-20H2,(H,42,43)(H,44,45)/t27-/m0/s1. The highest BCUT2D eigenvalue weighted by Crippen LogP contribution is 2.43. The number of benzene rings is 4. The first kappa shape index (κ1) is 33.1. The molecule has 47 heavy (non-hydrogen) atoms. The van der Waals surface area contributed by atoms with E-state index in [2.05, 4.69) is 6.07 Å². The SMILES string of the molecule is O=C(O)C[C@H](O)CN1Cc2ccc(-c3cccc(-c4cccc(-c5ccc6c(c5)CN(CC(O)(O)CC(=O)O)C6)c4Cl)c3Cl)cc2C1. The molecule has 2 aliphatic heterocycles. The molecule has 0 unspecified atom stereocenters. The fraction of sp³-hybridized carbons (Fsp3) is 0.278. The number of hydrogen-bond acceptors (Lipinski definition) is 7. The second-order valence-corrected chi connectivity index (χ2v) is 13.2. The summed E-state index contributed by atoms with van der Waals surface area (Å²) >= 11 is 14.2. The molecule has 4 aromatic carbocycles. The van der Waals surface area contributed by atoms with Crippen LogP contribution in [0, 0.1) is 0 Å². The lowest BCUT2D eigenvalue weighted by Gasteiger charge is -2.25. The third-order valence-corrected chi connectivity index (χ3v) is 9.50. The fourth-order valence-corrected chi connectivity index (χ4v) is 7.33. The van der Waals surface area contributed by atoms with E-state index in [0.29, 0.717) is 36.2 Å². The summed E-state index contributed by atoms with van der Waals surface area (Å²) in [6, 6.07) is 23.8. The Hall–Kier alpha value is -3.80. The Bertz CT molecular complexity index is 1860. The van der Waals surface area contributed by atoms with Crippen LogP contribution in [-0.4, -0.2) is 72.3 Å². The molecule has 0 aliphatic carbocycles. The summed E-state index contributed by atoms with van der Waals surface area (Å²) in [5, 5.41) is 49.4. The fourth-order valence-electron chi connectivity index (χ4n) is 6.65. The van der Waals surface area contributed by atoms with Crippen molar-refractivity contribution >= 4 is 35.1 Å². The van der Waals surface area contributed by atoms with Crippen LogP contribution in [0.25, 0.3) is 33.4 Å². The summed E-state index contributed by atoms with van der Waals surface area (Å²) < 4.78 is 0. The minimum Gasteiger partial charge on any atom is -0.481 e. The van der Waals surface area contributed by atoms with Gasteiger partial charge in [-0.15, -0.1) is 0 Å². The van der Waals surface area contributed by atoms with Crippen molar-refractivity contribution in [2.45, 2.75) is 50.9 Å². The molecule has 2 aliphatic rings. The number of halogens is 2. The normalized spacial score (nSPS) is 15.4. The monoisotopic (exact) mass is 676 g/mol. The van der Waals surface area contributed by atoms with Gasteiger partial charge in [0.2, 0.25) is 0 Å². The van der Waals surface area contributed by atoms with Crippen LogP contribution in [0.4, 0.5) is 0 Å². The van der Waals surface area contributed by atoms with Crippen molar-refractivity contribution in [3.05, 3.63) is 105 Å². The molecular weight excluding hydrogens is 643 g/mol. The number of carbonyl (C=O) groups is 2. The van der Waals surface area contributed by atoms with E-state index in [0.717, 1.165) is 55.6 Å². The van der Waals surface area contributed by atoms with Gasteiger partial charge < -0.3 is 25.5 Å². The van der Waals surface area contributed by atoms with Crippen molar-refractivity contribution in [3.63, 3.8) is 0 Å². The van der Waals surface area contributed by atoms with Crippen LogP contribution in [0.1, 0.15) is 35.1 Å². The Labute approximate surface area is 281 Å². The van der Waals surface area contributed by atoms with Gasteiger partial charge in [-0.05, 0) is 45.5 Å². The molecule has 1 atom stereocenters. The first-order valence-corrected chi connectivity index (χ1v) is 16.0. The van der Waals surface area contributed by atoms with Crippen LogP contribution in [0.5, 0.6) is 0 Å². The van der Waals surface area contributed by atoms with Crippen LogP contribution in [0.3, 0.4) is 0 Å². The number of fused-ring (bicyclic) bond motifs is 2. The third-order valence-electron chi connectivity index (χ3n) is 8.69. The van der Waals surface area contributed by atoms with Crippen LogP contribution in [0.2, 0.25) is 10.0 Å². The van der Waals surface area contributed by atoms with Gasteiger partial charge in [-0.2, -0.15) is 0 Å². The van der Waals surface area contributed by atoms with Crippen LogP contribution in [0.15, 0.2) is 72.8 Å². The zero-order chi connectivity index (χ0) is 33.5. The highest BCUT2D eigenvalue weighted by Gasteiger charge is 2.32. The highest BCUT2D eigenvalue weighted by molar-refractivity contribution is 6.39. The molecule has 4 aromatic rings. The maximum Gasteiger partial charge on any atom is 0.308 e. The van der Waals surface area contributed by atoms with Gasteiger partial charge in [0.25, 0.3) is 0 Å². The molecule has 6 rings (SSSR count). The summed E-state index contributed by atoms with van der Waals surface area (Å²) in [7, 11) is 0. The number of nitrogens with zero attached hydrogens (tertiary/aromatic N) is 2. The van der Waals surface area contributed by atoms with Crippen molar-refractivity contribution in [3.8, 4) is 33.4 Å². The Morgan fingerprint density at radius 2 is 1.15 bits per heavy atom. The lowest BCUT2D eigenvalue weighted by Crippen LogP contribution is -2.42. The molecule has 0 bridgehead atoms. The number of aliphatic hydroxyl groups excluding tert-OH is 1. The van der Waals surface area contributed by atoms with E-state index in [9.17, 15) is 24.9 Å². The molecule has 0 radical (unpaired) electrons. The Balaban J connectivity index is 1.23. The largest absolute Gasteiger partial charge is 0.481 e. The second kappa shape index (κ2) is 13.4. The molecule has 2 heterocycles. The van der Waals surface area contributed by atoms with Crippen LogP contribution < -0.4 is 0 Å². The van der Waals surface area contributed by atoms with E-state index in [4.69, 9.17) is 33.4 Å². The molecule has 9 nitrogen and oxygen atoms in total. The minimum atomic E-state index is -2.32. The minimum absolute atomic E-state index is 0.188. The van der Waals surface area contributed by atoms with Crippen molar-refractivity contribution in [1.29, 1.82) is 0 Å². The molecule has 0 saturated heterocycles. The van der Waals surface area contributed by atoms with E-state index in [1.54, 1.807) is 4.90 Å². The number of aliphatic hydroxyl groups is 3. The molecule has 0 spiro atoms. The Kier molecular flexibility index (Phi) is 9.42. The lowest BCUT2D eigenvalue weighted by molar-refractivity contribution is -0.190. The maximum absolute atomic E-state index is 11.0. The summed E-state index contributed by atoms with van der Waals surface area (Å²) in [6.07, 6.45) is -1.98. The van der Waals surface area contributed by atoms with Gasteiger partial charge in [-0.1, -0.05) is 83.9 Å². The van der Waals surface area contributed by atoms with Crippen molar-refractivity contribution in [1.82, 2.24) is 9.80 Å². The van der Waals surface area contributed by atoms with Gasteiger partial charge in [-0.25, -0.2) is 0 Å². The lowest BCUT2D eigenvalue weighted by atomic mass is 9.94. The Morgan fingerprint density at radius 3 is 1.66 bits per heavy atom. The highest BCUT2D eigenvalue weighted by atomic mass is 35.5. The molecule has 0 amide bonds. The van der Waals surface area contributed by atoms with E-state index < -0.39 is 30.3 Å². The van der Waals surface area contributed by atoms with E-state index in [1.807, 2.05) is 71.6 Å². The number of carboxylic acid groups (broad SMARTS) is 2. The quantitative estimate of drug-likeness (QED) is 0.128.